The molecule has 88 valence electrons. The topological polar surface area (TPSA) is 51.8 Å². The van der Waals surface area contributed by atoms with E-state index in [1.54, 1.807) is 11.3 Å². The second-order valence-corrected chi connectivity index (χ2v) is 6.02. The van der Waals surface area contributed by atoms with Crippen molar-refractivity contribution in [2.45, 2.75) is 25.7 Å². The molecule has 0 aromatic carbocycles. The molecule has 0 saturated carbocycles. The van der Waals surface area contributed by atoms with Crippen LogP contribution >= 0.6 is 27.3 Å². The number of nitrogen functional groups attached to an aromatic ring is 1. The van der Waals surface area contributed by atoms with Crippen molar-refractivity contribution in [3.8, 4) is 10.7 Å². The number of aromatic nitrogens is 2. The van der Waals surface area contributed by atoms with Crippen LogP contribution in [0.3, 0.4) is 0 Å². The zero-order valence-corrected chi connectivity index (χ0v) is 11.6. The second kappa shape index (κ2) is 4.38. The summed E-state index contributed by atoms with van der Waals surface area (Å²) in [5.41, 5.74) is 8.33. The highest BCUT2D eigenvalue weighted by Gasteiger charge is 2.17. The van der Waals surface area contributed by atoms with Gasteiger partial charge in [-0.1, -0.05) is 0 Å². The van der Waals surface area contributed by atoms with E-state index >= 15 is 0 Å². The van der Waals surface area contributed by atoms with Gasteiger partial charge >= 0.3 is 0 Å². The SMILES string of the molecule is Nc1nc(-c2cc(Br)cs2)nc2c1CCCC2. The summed E-state index contributed by atoms with van der Waals surface area (Å²) < 4.78 is 1.07. The van der Waals surface area contributed by atoms with E-state index in [0.717, 1.165) is 39.3 Å². The molecule has 0 aliphatic heterocycles. The Morgan fingerprint density at radius 3 is 2.82 bits per heavy atom. The van der Waals surface area contributed by atoms with Gasteiger partial charge in [0.2, 0.25) is 0 Å². The van der Waals surface area contributed by atoms with Gasteiger partial charge in [0, 0.05) is 21.1 Å². The number of thiophene rings is 1. The van der Waals surface area contributed by atoms with Crippen molar-refractivity contribution in [3.05, 3.63) is 27.2 Å². The first-order valence-corrected chi connectivity index (χ1v) is 7.31. The van der Waals surface area contributed by atoms with E-state index < -0.39 is 0 Å². The summed E-state index contributed by atoms with van der Waals surface area (Å²) in [4.78, 5) is 10.1. The van der Waals surface area contributed by atoms with E-state index in [9.17, 15) is 0 Å². The van der Waals surface area contributed by atoms with E-state index in [0.29, 0.717) is 5.82 Å². The Kier molecular flexibility index (Phi) is 2.88. The highest BCUT2D eigenvalue weighted by molar-refractivity contribution is 9.10. The van der Waals surface area contributed by atoms with Gasteiger partial charge in [-0.05, 0) is 47.7 Å². The fourth-order valence-corrected chi connectivity index (χ4v) is 3.52. The van der Waals surface area contributed by atoms with Crippen molar-refractivity contribution in [2.75, 3.05) is 5.73 Å². The van der Waals surface area contributed by atoms with Crippen molar-refractivity contribution in [1.29, 1.82) is 0 Å². The van der Waals surface area contributed by atoms with Crippen LogP contribution in [0.5, 0.6) is 0 Å². The van der Waals surface area contributed by atoms with Crippen LogP contribution in [0.15, 0.2) is 15.9 Å². The molecule has 0 atom stereocenters. The molecule has 0 radical (unpaired) electrons. The maximum atomic E-state index is 6.03. The number of hydrogen-bond donors (Lipinski definition) is 1. The monoisotopic (exact) mass is 309 g/mol. The average molecular weight is 310 g/mol. The van der Waals surface area contributed by atoms with Crippen LogP contribution in [0, 0.1) is 0 Å². The van der Waals surface area contributed by atoms with E-state index in [4.69, 9.17) is 5.73 Å². The predicted molar refractivity (Wildman–Crippen MR) is 74.1 cm³/mol. The molecule has 2 aromatic rings. The molecule has 0 fully saturated rings. The van der Waals surface area contributed by atoms with Gasteiger partial charge in [0.15, 0.2) is 5.82 Å². The van der Waals surface area contributed by atoms with Gasteiger partial charge in [-0.2, -0.15) is 0 Å². The molecule has 0 amide bonds. The van der Waals surface area contributed by atoms with Crippen LogP contribution in [0.2, 0.25) is 0 Å². The lowest BCUT2D eigenvalue weighted by Crippen LogP contribution is -2.11. The molecular formula is C12H12BrN3S. The van der Waals surface area contributed by atoms with Crippen molar-refractivity contribution in [2.24, 2.45) is 0 Å². The summed E-state index contributed by atoms with van der Waals surface area (Å²) in [6.07, 6.45) is 4.46. The number of anilines is 1. The quantitative estimate of drug-likeness (QED) is 0.878. The summed E-state index contributed by atoms with van der Waals surface area (Å²) >= 11 is 5.08. The minimum absolute atomic E-state index is 0.661. The Morgan fingerprint density at radius 2 is 2.06 bits per heavy atom. The first kappa shape index (κ1) is 11.2. The molecule has 2 N–H and O–H groups in total. The molecule has 1 aliphatic carbocycles. The fraction of sp³-hybridized carbons (Fsp3) is 0.333. The molecule has 2 aromatic heterocycles. The van der Waals surface area contributed by atoms with Gasteiger partial charge < -0.3 is 5.73 Å². The number of halogens is 1. The smallest absolute Gasteiger partial charge is 0.171 e. The molecule has 17 heavy (non-hydrogen) atoms. The van der Waals surface area contributed by atoms with Crippen molar-refractivity contribution < 1.29 is 0 Å². The number of nitrogens with two attached hydrogens (primary N) is 1. The van der Waals surface area contributed by atoms with Crippen LogP contribution in [0.25, 0.3) is 10.7 Å². The maximum absolute atomic E-state index is 6.03. The van der Waals surface area contributed by atoms with Gasteiger partial charge in [0.1, 0.15) is 5.82 Å². The molecule has 3 rings (SSSR count). The van der Waals surface area contributed by atoms with E-state index in [2.05, 4.69) is 25.9 Å². The third kappa shape index (κ3) is 2.09. The summed E-state index contributed by atoms with van der Waals surface area (Å²) in [6, 6.07) is 2.04. The molecule has 2 heterocycles. The van der Waals surface area contributed by atoms with Crippen LogP contribution in [0.1, 0.15) is 24.1 Å². The Balaban J connectivity index is 2.10. The van der Waals surface area contributed by atoms with Crippen LogP contribution in [0.4, 0.5) is 5.82 Å². The number of hydrogen-bond acceptors (Lipinski definition) is 4. The number of aryl methyl sites for hydroxylation is 1. The maximum Gasteiger partial charge on any atom is 0.171 e. The standard InChI is InChI=1S/C12H12BrN3S/c13-7-5-10(17-6-7)12-15-9-4-2-1-3-8(9)11(14)16-12/h5-6H,1-4H2,(H2,14,15,16). The van der Waals surface area contributed by atoms with E-state index in [-0.39, 0.29) is 0 Å². The zero-order valence-electron chi connectivity index (χ0n) is 9.24. The van der Waals surface area contributed by atoms with Gasteiger partial charge in [-0.25, -0.2) is 9.97 Å². The van der Waals surface area contributed by atoms with Gasteiger partial charge in [0.25, 0.3) is 0 Å². The Morgan fingerprint density at radius 1 is 1.24 bits per heavy atom. The molecular weight excluding hydrogens is 298 g/mol. The molecule has 0 bridgehead atoms. The second-order valence-electron chi connectivity index (χ2n) is 4.19. The minimum atomic E-state index is 0.661. The molecule has 0 saturated heterocycles. The molecule has 0 unspecified atom stereocenters. The Labute approximate surface area is 112 Å². The first-order chi connectivity index (χ1) is 8.24. The zero-order chi connectivity index (χ0) is 11.8. The van der Waals surface area contributed by atoms with Crippen LogP contribution < -0.4 is 5.73 Å². The largest absolute Gasteiger partial charge is 0.383 e. The predicted octanol–water partition coefficient (Wildman–Crippen LogP) is 3.43. The lowest BCUT2D eigenvalue weighted by atomic mass is 9.96. The third-order valence-electron chi connectivity index (χ3n) is 3.00. The van der Waals surface area contributed by atoms with Gasteiger partial charge in [0.05, 0.1) is 4.88 Å². The lowest BCUT2D eigenvalue weighted by molar-refractivity contribution is 0.666. The van der Waals surface area contributed by atoms with E-state index in [1.807, 2.05) is 11.4 Å². The third-order valence-corrected chi connectivity index (χ3v) is 4.69. The Hall–Kier alpha value is -0.940. The number of fused-ring (bicyclic) bond motifs is 1. The fourth-order valence-electron chi connectivity index (χ4n) is 2.16. The van der Waals surface area contributed by atoms with Crippen molar-refractivity contribution in [3.63, 3.8) is 0 Å². The molecule has 1 aliphatic rings. The van der Waals surface area contributed by atoms with Crippen LogP contribution in [-0.4, -0.2) is 9.97 Å². The van der Waals surface area contributed by atoms with Crippen molar-refractivity contribution in [1.82, 2.24) is 9.97 Å². The minimum Gasteiger partial charge on any atom is -0.383 e. The summed E-state index contributed by atoms with van der Waals surface area (Å²) in [7, 11) is 0. The lowest BCUT2D eigenvalue weighted by Gasteiger charge is -2.16. The van der Waals surface area contributed by atoms with Gasteiger partial charge in [-0.3, -0.25) is 0 Å². The summed E-state index contributed by atoms with van der Waals surface area (Å²) in [6.45, 7) is 0. The average Bonchev–Trinajstić information content (AvgIpc) is 2.76. The number of nitrogens with zero attached hydrogens (tertiary/aromatic N) is 2. The van der Waals surface area contributed by atoms with Crippen LogP contribution in [-0.2, 0) is 12.8 Å². The normalized spacial score (nSPS) is 14.6. The number of rotatable bonds is 1. The van der Waals surface area contributed by atoms with Crippen molar-refractivity contribution >= 4 is 33.1 Å². The Bertz CT molecular complexity index is 565. The highest BCUT2D eigenvalue weighted by atomic mass is 79.9. The first-order valence-electron chi connectivity index (χ1n) is 5.64. The summed E-state index contributed by atoms with van der Waals surface area (Å²) in [5, 5.41) is 2.04. The highest BCUT2D eigenvalue weighted by Crippen LogP contribution is 2.31. The molecule has 0 spiro atoms. The molecule has 5 heteroatoms. The summed E-state index contributed by atoms with van der Waals surface area (Å²) in [5.74, 6) is 1.42. The van der Waals surface area contributed by atoms with E-state index in [1.165, 1.54) is 12.8 Å². The molecule has 3 nitrogen and oxygen atoms in total. The van der Waals surface area contributed by atoms with Gasteiger partial charge in [-0.15, -0.1) is 11.3 Å².